The van der Waals surface area contributed by atoms with Crippen LogP contribution >= 0.6 is 0 Å². The van der Waals surface area contributed by atoms with E-state index in [-0.39, 0.29) is 30.2 Å². The zero-order valence-electron chi connectivity index (χ0n) is 20.3. The molecule has 2 rings (SSSR count). The van der Waals surface area contributed by atoms with Crippen molar-refractivity contribution < 1.29 is 28.8 Å². The Hall–Kier alpha value is -0.530. The summed E-state index contributed by atoms with van der Waals surface area (Å²) in [5.41, 5.74) is 0. The molecule has 6 nitrogen and oxygen atoms in total. The maximum absolute atomic E-state index is 11.1. The highest BCUT2D eigenvalue weighted by Gasteiger charge is 2.39. The summed E-state index contributed by atoms with van der Waals surface area (Å²) in [6.45, 7) is 8.73. The van der Waals surface area contributed by atoms with Gasteiger partial charge in [0.15, 0.2) is 5.79 Å². The van der Waals surface area contributed by atoms with Gasteiger partial charge in [0.05, 0.1) is 37.6 Å². The van der Waals surface area contributed by atoms with Crippen LogP contribution in [0.15, 0.2) is 0 Å². The van der Waals surface area contributed by atoms with E-state index in [4.69, 9.17) is 18.9 Å². The van der Waals surface area contributed by atoms with Crippen LogP contribution in [-0.2, 0) is 23.7 Å². The third-order valence-electron chi connectivity index (χ3n) is 6.34. The Kier molecular flexibility index (Phi) is 12.0. The molecule has 182 valence electrons. The maximum atomic E-state index is 11.1. The fourth-order valence-corrected chi connectivity index (χ4v) is 4.56. The first-order valence-electron chi connectivity index (χ1n) is 12.6. The zero-order chi connectivity index (χ0) is 22.7. The Bertz CT molecular complexity index is 508. The van der Waals surface area contributed by atoms with Crippen LogP contribution in [0.1, 0.15) is 105 Å². The summed E-state index contributed by atoms with van der Waals surface area (Å²) in [6, 6.07) is 0. The number of ketones is 1. The first-order valence-corrected chi connectivity index (χ1v) is 12.6. The number of aliphatic hydroxyl groups is 1. The number of rotatable bonds is 16. The third kappa shape index (κ3) is 10.3. The standard InChI is InChI=1S/C25H46O6/c1-5-6-10-14-22-21(27)16-24(30-22)23(15-12-9-7-8-11-13-19(2)26)28-17-20-18-29-25(3,4)31-20/h20-24,27H,5-18H2,1-4H3. The Morgan fingerprint density at radius 2 is 1.87 bits per heavy atom. The lowest BCUT2D eigenvalue weighted by Gasteiger charge is -2.26. The van der Waals surface area contributed by atoms with Gasteiger partial charge in [-0.15, -0.1) is 0 Å². The molecule has 2 fully saturated rings. The summed E-state index contributed by atoms with van der Waals surface area (Å²) in [7, 11) is 0. The van der Waals surface area contributed by atoms with E-state index in [9.17, 15) is 9.90 Å². The van der Waals surface area contributed by atoms with E-state index >= 15 is 0 Å². The van der Waals surface area contributed by atoms with Crippen LogP contribution in [0.4, 0.5) is 0 Å². The van der Waals surface area contributed by atoms with Crippen LogP contribution in [0.5, 0.6) is 0 Å². The monoisotopic (exact) mass is 442 g/mol. The van der Waals surface area contributed by atoms with Gasteiger partial charge in [0.2, 0.25) is 0 Å². The number of Topliss-reactive ketones (excluding diaryl/α,β-unsaturated/α-hetero) is 1. The van der Waals surface area contributed by atoms with E-state index in [1.165, 1.54) is 12.8 Å². The largest absolute Gasteiger partial charge is 0.390 e. The fourth-order valence-electron chi connectivity index (χ4n) is 4.56. The third-order valence-corrected chi connectivity index (χ3v) is 6.34. The number of carbonyl (C=O) groups is 1. The molecule has 0 radical (unpaired) electrons. The maximum Gasteiger partial charge on any atom is 0.163 e. The van der Waals surface area contributed by atoms with Gasteiger partial charge in [0, 0.05) is 12.8 Å². The number of hydrogen-bond donors (Lipinski definition) is 1. The number of hydrogen-bond acceptors (Lipinski definition) is 6. The van der Waals surface area contributed by atoms with Crippen LogP contribution in [0, 0.1) is 0 Å². The SMILES string of the molecule is CCCCCC1OC(C(CCCCCCCC(C)=O)OCC2COC(C)(C)O2)CC1O. The van der Waals surface area contributed by atoms with E-state index in [1.807, 2.05) is 13.8 Å². The minimum atomic E-state index is -0.548. The van der Waals surface area contributed by atoms with Crippen LogP contribution in [0.2, 0.25) is 0 Å². The van der Waals surface area contributed by atoms with Crippen molar-refractivity contribution >= 4 is 5.78 Å². The van der Waals surface area contributed by atoms with Gasteiger partial charge in [0.1, 0.15) is 11.9 Å². The molecule has 0 saturated carbocycles. The summed E-state index contributed by atoms with van der Waals surface area (Å²) in [4.78, 5) is 11.1. The predicted molar refractivity (Wildman–Crippen MR) is 121 cm³/mol. The Morgan fingerprint density at radius 1 is 1.13 bits per heavy atom. The molecular weight excluding hydrogens is 396 g/mol. The van der Waals surface area contributed by atoms with Crippen molar-refractivity contribution in [3.63, 3.8) is 0 Å². The molecular formula is C25H46O6. The van der Waals surface area contributed by atoms with Crippen molar-refractivity contribution in [3.05, 3.63) is 0 Å². The summed E-state index contributed by atoms with van der Waals surface area (Å²) < 4.78 is 24.1. The van der Waals surface area contributed by atoms with E-state index in [2.05, 4.69) is 6.92 Å². The van der Waals surface area contributed by atoms with Crippen molar-refractivity contribution in [2.45, 2.75) is 141 Å². The average Bonchev–Trinajstić information content (AvgIpc) is 3.25. The van der Waals surface area contributed by atoms with Gasteiger partial charge in [-0.1, -0.05) is 51.9 Å². The average molecular weight is 443 g/mol. The van der Waals surface area contributed by atoms with Gasteiger partial charge in [-0.2, -0.15) is 0 Å². The second kappa shape index (κ2) is 13.9. The molecule has 31 heavy (non-hydrogen) atoms. The summed E-state index contributed by atoms with van der Waals surface area (Å²) in [5, 5.41) is 10.5. The molecule has 2 aliphatic rings. The molecule has 5 atom stereocenters. The summed E-state index contributed by atoms with van der Waals surface area (Å²) in [5.74, 6) is -0.270. The second-order valence-electron chi connectivity index (χ2n) is 9.84. The zero-order valence-corrected chi connectivity index (χ0v) is 20.3. The van der Waals surface area contributed by atoms with Gasteiger partial charge in [0.25, 0.3) is 0 Å². The Labute approximate surface area is 189 Å². The van der Waals surface area contributed by atoms with Crippen LogP contribution in [0.3, 0.4) is 0 Å². The molecule has 5 unspecified atom stereocenters. The first kappa shape index (κ1) is 26.7. The normalized spacial score (nSPS) is 28.8. The molecule has 0 amide bonds. The lowest BCUT2D eigenvalue weighted by molar-refractivity contribution is -0.153. The highest BCUT2D eigenvalue weighted by atomic mass is 16.7. The molecule has 6 heteroatoms. The van der Waals surface area contributed by atoms with E-state index < -0.39 is 11.9 Å². The Balaban J connectivity index is 1.78. The predicted octanol–water partition coefficient (Wildman–Crippen LogP) is 4.94. The number of carbonyl (C=O) groups excluding carboxylic acids is 1. The Morgan fingerprint density at radius 3 is 2.55 bits per heavy atom. The summed E-state index contributed by atoms with van der Waals surface area (Å²) in [6.07, 6.45) is 11.4. The molecule has 2 heterocycles. The van der Waals surface area contributed by atoms with E-state index in [1.54, 1.807) is 6.92 Å². The van der Waals surface area contributed by atoms with Gasteiger partial charge in [-0.25, -0.2) is 0 Å². The second-order valence-corrected chi connectivity index (χ2v) is 9.84. The lowest BCUT2D eigenvalue weighted by atomic mass is 10.00. The molecule has 0 bridgehead atoms. The molecule has 0 aliphatic carbocycles. The summed E-state index contributed by atoms with van der Waals surface area (Å²) >= 11 is 0. The smallest absolute Gasteiger partial charge is 0.163 e. The topological polar surface area (TPSA) is 74.2 Å². The van der Waals surface area contributed by atoms with E-state index in [0.717, 1.165) is 51.4 Å². The number of unbranched alkanes of at least 4 members (excludes halogenated alkanes) is 6. The van der Waals surface area contributed by atoms with Gasteiger partial charge < -0.3 is 28.8 Å². The highest BCUT2D eigenvalue weighted by molar-refractivity contribution is 5.75. The molecule has 0 aromatic rings. The molecule has 1 N–H and O–H groups in total. The van der Waals surface area contributed by atoms with Crippen molar-refractivity contribution in [1.29, 1.82) is 0 Å². The van der Waals surface area contributed by atoms with E-state index in [0.29, 0.717) is 26.1 Å². The van der Waals surface area contributed by atoms with Crippen LogP contribution in [-0.4, -0.2) is 60.4 Å². The van der Waals surface area contributed by atoms with Crippen molar-refractivity contribution in [3.8, 4) is 0 Å². The minimum absolute atomic E-state index is 0.0321. The van der Waals surface area contributed by atoms with Gasteiger partial charge in [-0.05, 0) is 40.0 Å². The lowest BCUT2D eigenvalue weighted by Crippen LogP contribution is -2.33. The van der Waals surface area contributed by atoms with Crippen LogP contribution in [0.25, 0.3) is 0 Å². The van der Waals surface area contributed by atoms with Gasteiger partial charge >= 0.3 is 0 Å². The molecule has 0 aromatic carbocycles. The highest BCUT2D eigenvalue weighted by Crippen LogP contribution is 2.31. The molecule has 0 spiro atoms. The fraction of sp³-hybridized carbons (Fsp3) is 0.960. The van der Waals surface area contributed by atoms with Crippen molar-refractivity contribution in [2.75, 3.05) is 13.2 Å². The first-order chi connectivity index (χ1) is 14.8. The quantitative estimate of drug-likeness (QED) is 0.341. The minimum Gasteiger partial charge on any atom is -0.390 e. The molecule has 2 aliphatic heterocycles. The molecule has 2 saturated heterocycles. The number of aliphatic hydroxyl groups excluding tert-OH is 1. The van der Waals surface area contributed by atoms with Crippen molar-refractivity contribution in [2.24, 2.45) is 0 Å². The molecule has 0 aromatic heterocycles. The van der Waals surface area contributed by atoms with Crippen LogP contribution < -0.4 is 0 Å². The van der Waals surface area contributed by atoms with Crippen molar-refractivity contribution in [1.82, 2.24) is 0 Å². The van der Waals surface area contributed by atoms with Gasteiger partial charge in [-0.3, -0.25) is 0 Å². The number of ether oxygens (including phenoxy) is 4.